The molecule has 2 amide bonds. The molecule has 0 radical (unpaired) electrons. The largest absolute Gasteiger partial charge is 0.341 e. The Morgan fingerprint density at radius 1 is 1.04 bits per heavy atom. The monoisotopic (exact) mass is 398 g/mol. The summed E-state index contributed by atoms with van der Waals surface area (Å²) in [5.41, 5.74) is 2.21. The van der Waals surface area contributed by atoms with Crippen molar-refractivity contribution >= 4 is 23.4 Å². The van der Waals surface area contributed by atoms with Crippen molar-refractivity contribution in [3.63, 3.8) is 0 Å². The second-order valence-electron chi connectivity index (χ2n) is 7.48. The lowest BCUT2D eigenvalue weighted by Gasteiger charge is -2.33. The number of nitrogens with zero attached hydrogens (tertiary/aromatic N) is 2. The molecule has 5 heteroatoms. The molecule has 1 aliphatic heterocycles. The van der Waals surface area contributed by atoms with E-state index >= 15 is 0 Å². The van der Waals surface area contributed by atoms with E-state index in [0.29, 0.717) is 17.5 Å². The number of benzene rings is 2. The third-order valence-corrected chi connectivity index (χ3v) is 5.79. The maximum absolute atomic E-state index is 12.8. The molecular weight excluding hydrogens is 372 g/mol. The summed E-state index contributed by atoms with van der Waals surface area (Å²) in [6, 6.07) is 17.9. The molecule has 0 N–H and O–H groups in total. The third kappa shape index (κ3) is 5.59. The second kappa shape index (κ2) is 9.74. The Labute approximate surface area is 172 Å². The molecule has 0 aliphatic carbocycles. The normalized spacial score (nSPS) is 14.7. The molecular formula is C23H27ClN2O2. The Morgan fingerprint density at radius 3 is 2.32 bits per heavy atom. The molecule has 148 valence electrons. The molecule has 1 aliphatic rings. The molecule has 1 fully saturated rings. The van der Waals surface area contributed by atoms with E-state index in [0.717, 1.165) is 37.9 Å². The molecule has 0 atom stereocenters. The zero-order chi connectivity index (χ0) is 19.9. The van der Waals surface area contributed by atoms with Gasteiger partial charge in [0, 0.05) is 31.6 Å². The number of carbonyl (C=O) groups is 2. The van der Waals surface area contributed by atoms with Gasteiger partial charge < -0.3 is 9.80 Å². The van der Waals surface area contributed by atoms with Crippen LogP contribution >= 0.6 is 11.6 Å². The van der Waals surface area contributed by atoms with Gasteiger partial charge in [-0.05, 0) is 42.4 Å². The van der Waals surface area contributed by atoms with Crippen LogP contribution in [0.3, 0.4) is 0 Å². The van der Waals surface area contributed by atoms with Gasteiger partial charge in [-0.2, -0.15) is 0 Å². The quantitative estimate of drug-likeness (QED) is 0.732. The van der Waals surface area contributed by atoms with Crippen LogP contribution in [0.25, 0.3) is 0 Å². The molecule has 1 heterocycles. The van der Waals surface area contributed by atoms with E-state index in [2.05, 4.69) is 24.3 Å². The van der Waals surface area contributed by atoms with Crippen LogP contribution in [0.1, 0.15) is 30.9 Å². The number of carbonyl (C=O) groups excluding carboxylic acids is 2. The van der Waals surface area contributed by atoms with E-state index in [1.165, 1.54) is 12.5 Å². The predicted octanol–water partition coefficient (Wildman–Crippen LogP) is 4.17. The first kappa shape index (κ1) is 20.4. The molecule has 28 heavy (non-hydrogen) atoms. The second-order valence-corrected chi connectivity index (χ2v) is 7.89. The van der Waals surface area contributed by atoms with Gasteiger partial charge in [-0.3, -0.25) is 9.59 Å². The van der Waals surface area contributed by atoms with Crippen LogP contribution in [0.15, 0.2) is 54.6 Å². The van der Waals surface area contributed by atoms with Crippen molar-refractivity contribution < 1.29 is 9.59 Å². The fourth-order valence-electron chi connectivity index (χ4n) is 3.71. The Balaban J connectivity index is 1.52. The Morgan fingerprint density at radius 2 is 1.68 bits per heavy atom. The smallest absolute Gasteiger partial charge is 0.242 e. The third-order valence-electron chi connectivity index (χ3n) is 5.42. The van der Waals surface area contributed by atoms with Crippen LogP contribution in [0.2, 0.25) is 5.02 Å². The van der Waals surface area contributed by atoms with Gasteiger partial charge in [0.25, 0.3) is 0 Å². The summed E-state index contributed by atoms with van der Waals surface area (Å²) < 4.78 is 0. The van der Waals surface area contributed by atoms with Gasteiger partial charge in [-0.15, -0.1) is 0 Å². The van der Waals surface area contributed by atoms with Gasteiger partial charge in [0.15, 0.2) is 0 Å². The summed E-state index contributed by atoms with van der Waals surface area (Å²) in [5, 5.41) is 0.614. The highest BCUT2D eigenvalue weighted by Crippen LogP contribution is 2.22. The van der Waals surface area contributed by atoms with Gasteiger partial charge in [0.2, 0.25) is 11.8 Å². The van der Waals surface area contributed by atoms with Gasteiger partial charge in [-0.1, -0.05) is 60.1 Å². The van der Waals surface area contributed by atoms with Gasteiger partial charge >= 0.3 is 0 Å². The summed E-state index contributed by atoms with van der Waals surface area (Å²) in [4.78, 5) is 28.3. The Bertz CT molecular complexity index is 801. The van der Waals surface area contributed by atoms with E-state index in [1.54, 1.807) is 11.0 Å². The molecule has 0 saturated carbocycles. The van der Waals surface area contributed by atoms with Crippen LogP contribution in [0, 0.1) is 5.92 Å². The molecule has 0 bridgehead atoms. The van der Waals surface area contributed by atoms with Crippen molar-refractivity contribution in [3.05, 3.63) is 70.7 Å². The zero-order valence-electron chi connectivity index (χ0n) is 16.3. The first-order valence-electron chi connectivity index (χ1n) is 9.83. The SMILES string of the molecule is CC(=O)N(CC(=O)N1CCC(Cc2ccccc2)CC1)Cc1ccccc1Cl. The van der Waals surface area contributed by atoms with Crippen LogP contribution in [-0.2, 0) is 22.6 Å². The number of piperidine rings is 1. The summed E-state index contributed by atoms with van der Waals surface area (Å²) in [6.07, 6.45) is 3.07. The van der Waals surface area contributed by atoms with Crippen LogP contribution in [0.4, 0.5) is 0 Å². The van der Waals surface area contributed by atoms with Crippen molar-refractivity contribution in [2.24, 2.45) is 5.92 Å². The van der Waals surface area contributed by atoms with Crippen LogP contribution < -0.4 is 0 Å². The fourth-order valence-corrected chi connectivity index (χ4v) is 3.90. The first-order valence-corrected chi connectivity index (χ1v) is 10.2. The summed E-state index contributed by atoms with van der Waals surface area (Å²) >= 11 is 6.21. The number of likely N-dealkylation sites (tertiary alicyclic amines) is 1. The highest BCUT2D eigenvalue weighted by molar-refractivity contribution is 6.31. The maximum Gasteiger partial charge on any atom is 0.242 e. The van der Waals surface area contributed by atoms with Crippen molar-refractivity contribution in [2.45, 2.75) is 32.7 Å². The van der Waals surface area contributed by atoms with Gasteiger partial charge in [-0.25, -0.2) is 0 Å². The van der Waals surface area contributed by atoms with Gasteiger partial charge in [0.1, 0.15) is 6.54 Å². The first-order chi connectivity index (χ1) is 13.5. The summed E-state index contributed by atoms with van der Waals surface area (Å²) in [5.74, 6) is 0.506. The highest BCUT2D eigenvalue weighted by atomic mass is 35.5. The molecule has 2 aromatic rings. The van der Waals surface area contributed by atoms with Crippen LogP contribution in [-0.4, -0.2) is 41.2 Å². The average molecular weight is 399 g/mol. The molecule has 4 nitrogen and oxygen atoms in total. The topological polar surface area (TPSA) is 40.6 Å². The van der Waals surface area contributed by atoms with Gasteiger partial charge in [0.05, 0.1) is 0 Å². The van der Waals surface area contributed by atoms with Crippen molar-refractivity contribution in [2.75, 3.05) is 19.6 Å². The number of halogens is 1. The molecule has 3 rings (SSSR count). The standard InChI is InChI=1S/C23H27ClN2O2/c1-18(27)26(16-21-9-5-6-10-22(21)24)17-23(28)25-13-11-20(12-14-25)15-19-7-3-2-4-8-19/h2-10,20H,11-17H2,1H3. The number of amides is 2. The molecule has 0 aromatic heterocycles. The fraction of sp³-hybridized carbons (Fsp3) is 0.391. The van der Waals surface area contributed by atoms with E-state index in [4.69, 9.17) is 11.6 Å². The summed E-state index contributed by atoms with van der Waals surface area (Å²) in [6.45, 7) is 3.47. The van der Waals surface area contributed by atoms with Crippen molar-refractivity contribution in [3.8, 4) is 0 Å². The molecule has 0 spiro atoms. The number of hydrogen-bond acceptors (Lipinski definition) is 2. The number of hydrogen-bond donors (Lipinski definition) is 0. The molecule has 0 unspecified atom stereocenters. The zero-order valence-corrected chi connectivity index (χ0v) is 17.1. The maximum atomic E-state index is 12.8. The lowest BCUT2D eigenvalue weighted by molar-refractivity contribution is -0.140. The van der Waals surface area contributed by atoms with E-state index in [-0.39, 0.29) is 18.4 Å². The van der Waals surface area contributed by atoms with Crippen LogP contribution in [0.5, 0.6) is 0 Å². The van der Waals surface area contributed by atoms with E-state index in [9.17, 15) is 9.59 Å². The van der Waals surface area contributed by atoms with E-state index in [1.807, 2.05) is 29.2 Å². The highest BCUT2D eigenvalue weighted by Gasteiger charge is 2.25. The average Bonchev–Trinajstić information content (AvgIpc) is 2.70. The Kier molecular flexibility index (Phi) is 7.10. The lowest BCUT2D eigenvalue weighted by Crippen LogP contribution is -2.45. The number of rotatable bonds is 6. The van der Waals surface area contributed by atoms with Crippen molar-refractivity contribution in [1.29, 1.82) is 0 Å². The summed E-state index contributed by atoms with van der Waals surface area (Å²) in [7, 11) is 0. The minimum absolute atomic E-state index is 0.0143. The van der Waals surface area contributed by atoms with Crippen molar-refractivity contribution in [1.82, 2.24) is 9.80 Å². The molecule has 1 saturated heterocycles. The predicted molar refractivity (Wildman–Crippen MR) is 112 cm³/mol. The Hall–Kier alpha value is -2.33. The molecule has 2 aromatic carbocycles. The minimum Gasteiger partial charge on any atom is -0.341 e. The lowest BCUT2D eigenvalue weighted by atomic mass is 9.90. The minimum atomic E-state index is -0.118. The van der Waals surface area contributed by atoms with E-state index < -0.39 is 0 Å².